The van der Waals surface area contributed by atoms with E-state index in [1.807, 2.05) is 30.5 Å². The minimum Gasteiger partial charge on any atom is -0.384 e. The van der Waals surface area contributed by atoms with Crippen molar-refractivity contribution in [3.8, 4) is 11.3 Å². The van der Waals surface area contributed by atoms with Gasteiger partial charge in [-0.3, -0.25) is 0 Å². The van der Waals surface area contributed by atoms with E-state index in [0.717, 1.165) is 43.3 Å². The van der Waals surface area contributed by atoms with Crippen LogP contribution in [-0.2, 0) is 0 Å². The lowest BCUT2D eigenvalue weighted by Gasteiger charge is -2.28. The molecule has 1 fully saturated rings. The van der Waals surface area contributed by atoms with Gasteiger partial charge in [0.05, 0.1) is 5.69 Å². The number of nitrogens with one attached hydrogen (secondary N) is 2. The lowest BCUT2D eigenvalue weighted by molar-refractivity contribution is 0.585. The van der Waals surface area contributed by atoms with Gasteiger partial charge in [0, 0.05) is 44.0 Å². The zero-order valence-electron chi connectivity index (χ0n) is 14.3. The number of rotatable bonds is 4. The summed E-state index contributed by atoms with van der Waals surface area (Å²) in [7, 11) is 0. The van der Waals surface area contributed by atoms with Crippen LogP contribution >= 0.6 is 0 Å². The predicted octanol–water partition coefficient (Wildman–Crippen LogP) is 1.67. The van der Waals surface area contributed by atoms with Crippen molar-refractivity contribution in [2.75, 3.05) is 42.1 Å². The van der Waals surface area contributed by atoms with Gasteiger partial charge in [-0.15, -0.1) is 0 Å². The molecule has 26 heavy (non-hydrogen) atoms. The largest absolute Gasteiger partial charge is 0.384 e. The average Bonchev–Trinajstić information content (AvgIpc) is 2.69. The van der Waals surface area contributed by atoms with Crippen molar-refractivity contribution < 1.29 is 0 Å². The highest BCUT2D eigenvalue weighted by Crippen LogP contribution is 2.23. The first-order chi connectivity index (χ1) is 12.8. The van der Waals surface area contributed by atoms with Crippen molar-refractivity contribution in [2.45, 2.75) is 0 Å². The van der Waals surface area contributed by atoms with Gasteiger partial charge in [-0.2, -0.15) is 0 Å². The smallest absolute Gasteiger partial charge is 0.137 e. The molecule has 132 valence electrons. The first kappa shape index (κ1) is 16.2. The van der Waals surface area contributed by atoms with E-state index in [-0.39, 0.29) is 0 Å². The third kappa shape index (κ3) is 3.70. The van der Waals surface area contributed by atoms with Gasteiger partial charge in [0.15, 0.2) is 0 Å². The Balaban J connectivity index is 1.58. The Hall–Kier alpha value is -3.26. The lowest BCUT2D eigenvalue weighted by atomic mass is 10.1. The Bertz CT molecular complexity index is 892. The van der Waals surface area contributed by atoms with Crippen LogP contribution in [0.4, 0.5) is 23.3 Å². The number of hydrogen-bond donors (Lipinski definition) is 3. The van der Waals surface area contributed by atoms with E-state index in [1.54, 1.807) is 6.07 Å². The van der Waals surface area contributed by atoms with Gasteiger partial charge in [-0.05, 0) is 24.3 Å². The number of hydrogen-bond acceptors (Lipinski definition) is 8. The molecule has 3 aromatic heterocycles. The maximum atomic E-state index is 5.69. The number of nitrogens with two attached hydrogens (primary N) is 1. The van der Waals surface area contributed by atoms with Gasteiger partial charge in [0.25, 0.3) is 0 Å². The number of pyridine rings is 2. The summed E-state index contributed by atoms with van der Waals surface area (Å²) in [6, 6.07) is 11.6. The third-order valence-electron chi connectivity index (χ3n) is 4.18. The number of nitrogen functional groups attached to an aromatic ring is 1. The van der Waals surface area contributed by atoms with E-state index in [2.05, 4.69) is 41.5 Å². The highest BCUT2D eigenvalue weighted by atomic mass is 15.2. The van der Waals surface area contributed by atoms with E-state index in [1.165, 1.54) is 6.33 Å². The zero-order chi connectivity index (χ0) is 17.8. The van der Waals surface area contributed by atoms with E-state index in [9.17, 15) is 0 Å². The minimum atomic E-state index is 0.411. The molecule has 3 aromatic rings. The number of piperazine rings is 1. The minimum absolute atomic E-state index is 0.411. The third-order valence-corrected chi connectivity index (χ3v) is 4.18. The van der Waals surface area contributed by atoms with Gasteiger partial charge < -0.3 is 21.3 Å². The molecule has 0 unspecified atom stereocenters. The summed E-state index contributed by atoms with van der Waals surface area (Å²) in [5, 5.41) is 6.51. The van der Waals surface area contributed by atoms with Crippen molar-refractivity contribution in [1.29, 1.82) is 0 Å². The summed E-state index contributed by atoms with van der Waals surface area (Å²) in [5.41, 5.74) is 7.59. The molecule has 4 rings (SSSR count). The van der Waals surface area contributed by atoms with Gasteiger partial charge in [0.1, 0.15) is 29.6 Å². The summed E-state index contributed by atoms with van der Waals surface area (Å²) >= 11 is 0. The molecule has 0 aliphatic carbocycles. The van der Waals surface area contributed by atoms with E-state index in [4.69, 9.17) is 5.73 Å². The van der Waals surface area contributed by atoms with Crippen LogP contribution in [0.25, 0.3) is 11.3 Å². The molecule has 0 radical (unpaired) electrons. The quantitative estimate of drug-likeness (QED) is 0.654. The summed E-state index contributed by atoms with van der Waals surface area (Å²) in [6.07, 6.45) is 3.25. The number of anilines is 4. The first-order valence-electron chi connectivity index (χ1n) is 8.52. The Kier molecular flexibility index (Phi) is 4.57. The van der Waals surface area contributed by atoms with Gasteiger partial charge in [-0.25, -0.2) is 19.9 Å². The van der Waals surface area contributed by atoms with E-state index in [0.29, 0.717) is 17.5 Å². The van der Waals surface area contributed by atoms with Crippen LogP contribution in [0.1, 0.15) is 0 Å². The van der Waals surface area contributed by atoms with Gasteiger partial charge in [-0.1, -0.05) is 6.07 Å². The Morgan fingerprint density at radius 2 is 1.88 bits per heavy atom. The summed E-state index contributed by atoms with van der Waals surface area (Å²) in [4.78, 5) is 19.5. The van der Waals surface area contributed by atoms with Crippen molar-refractivity contribution >= 4 is 23.3 Å². The highest BCUT2D eigenvalue weighted by molar-refractivity contribution is 5.66. The molecule has 0 atom stereocenters. The van der Waals surface area contributed by atoms with Crippen LogP contribution in [0.3, 0.4) is 0 Å². The molecule has 0 bridgehead atoms. The fourth-order valence-corrected chi connectivity index (χ4v) is 2.88. The normalized spacial score (nSPS) is 14.2. The average molecular weight is 348 g/mol. The van der Waals surface area contributed by atoms with Gasteiger partial charge >= 0.3 is 0 Å². The topological polar surface area (TPSA) is 105 Å². The fourth-order valence-electron chi connectivity index (χ4n) is 2.88. The van der Waals surface area contributed by atoms with E-state index < -0.39 is 0 Å². The van der Waals surface area contributed by atoms with Gasteiger partial charge in [0.2, 0.25) is 0 Å². The summed E-state index contributed by atoms with van der Waals surface area (Å²) < 4.78 is 0. The molecule has 8 heteroatoms. The second-order valence-electron chi connectivity index (χ2n) is 6.00. The van der Waals surface area contributed by atoms with Crippen molar-refractivity contribution in [1.82, 2.24) is 25.3 Å². The van der Waals surface area contributed by atoms with Crippen molar-refractivity contribution in [3.05, 3.63) is 48.9 Å². The monoisotopic (exact) mass is 348 g/mol. The Morgan fingerprint density at radius 1 is 1.00 bits per heavy atom. The zero-order valence-corrected chi connectivity index (χ0v) is 14.3. The van der Waals surface area contributed by atoms with Crippen LogP contribution in [-0.4, -0.2) is 46.1 Å². The molecule has 4 heterocycles. The standard InChI is InChI=1S/C18H20N8/c19-15-11-17(23-12-22-15)25-16-3-1-2-14(24-16)13-4-5-21-18(10-13)26-8-6-20-7-9-26/h1-5,10-12,20H,6-9H2,(H3,19,22,23,24,25). The van der Waals surface area contributed by atoms with Crippen molar-refractivity contribution in [2.24, 2.45) is 0 Å². The SMILES string of the molecule is Nc1cc(Nc2cccc(-c3ccnc(N4CCNCC4)c3)n2)ncn1. The summed E-state index contributed by atoms with van der Waals surface area (Å²) in [6.45, 7) is 3.87. The molecule has 0 amide bonds. The molecule has 0 saturated carbocycles. The van der Waals surface area contributed by atoms with Crippen LogP contribution in [0.5, 0.6) is 0 Å². The lowest BCUT2D eigenvalue weighted by Crippen LogP contribution is -2.43. The molecule has 0 spiro atoms. The van der Waals surface area contributed by atoms with E-state index >= 15 is 0 Å². The second-order valence-corrected chi connectivity index (χ2v) is 6.00. The molecular formula is C18H20N8. The molecular weight excluding hydrogens is 328 g/mol. The highest BCUT2D eigenvalue weighted by Gasteiger charge is 2.12. The van der Waals surface area contributed by atoms with Crippen LogP contribution in [0.2, 0.25) is 0 Å². The summed E-state index contributed by atoms with van der Waals surface area (Å²) in [5.74, 6) is 2.70. The number of nitrogens with zero attached hydrogens (tertiary/aromatic N) is 5. The first-order valence-corrected chi connectivity index (χ1v) is 8.52. The fraction of sp³-hybridized carbons (Fsp3) is 0.222. The van der Waals surface area contributed by atoms with Crippen LogP contribution < -0.4 is 21.3 Å². The Labute approximate surface area is 151 Å². The maximum absolute atomic E-state index is 5.69. The maximum Gasteiger partial charge on any atom is 0.137 e. The second kappa shape index (κ2) is 7.32. The Morgan fingerprint density at radius 3 is 2.73 bits per heavy atom. The molecule has 0 aromatic carbocycles. The molecule has 8 nitrogen and oxygen atoms in total. The molecule has 1 aliphatic rings. The predicted molar refractivity (Wildman–Crippen MR) is 102 cm³/mol. The van der Waals surface area contributed by atoms with Crippen molar-refractivity contribution in [3.63, 3.8) is 0 Å². The molecule has 1 saturated heterocycles. The number of aromatic nitrogens is 4. The molecule has 4 N–H and O–H groups in total. The molecule has 1 aliphatic heterocycles. The van der Waals surface area contributed by atoms with Crippen LogP contribution in [0.15, 0.2) is 48.9 Å². The van der Waals surface area contributed by atoms with Crippen LogP contribution in [0, 0.1) is 0 Å².